The van der Waals surface area contributed by atoms with Crippen molar-refractivity contribution in [3.05, 3.63) is 28.8 Å². The van der Waals surface area contributed by atoms with E-state index in [1.807, 2.05) is 19.1 Å². The average Bonchev–Trinajstić information content (AvgIpc) is 2.23. The van der Waals surface area contributed by atoms with Gasteiger partial charge >= 0.3 is 5.97 Å². The van der Waals surface area contributed by atoms with Gasteiger partial charge in [0.15, 0.2) is 0 Å². The molecule has 0 bridgehead atoms. The number of benzene rings is 1. The first-order valence-corrected chi connectivity index (χ1v) is 5.62. The van der Waals surface area contributed by atoms with E-state index < -0.39 is 6.04 Å². The third-order valence-electron chi connectivity index (χ3n) is 2.22. The maximum atomic E-state index is 11.4. The molecule has 0 aliphatic rings. The molecule has 4 heteroatoms. The fraction of sp³-hybridized carbons (Fsp3) is 0.417. The second-order valence-corrected chi connectivity index (χ2v) is 3.96. The van der Waals surface area contributed by atoms with Crippen molar-refractivity contribution in [2.24, 2.45) is 0 Å². The summed E-state index contributed by atoms with van der Waals surface area (Å²) in [5.74, 6) is -0.276. The molecule has 1 aromatic rings. The van der Waals surface area contributed by atoms with Crippen molar-refractivity contribution in [3.63, 3.8) is 0 Å². The monoisotopic (exact) mass is 241 g/mol. The highest BCUT2D eigenvalue weighted by molar-refractivity contribution is 6.33. The second-order valence-electron chi connectivity index (χ2n) is 3.55. The molecule has 0 spiro atoms. The van der Waals surface area contributed by atoms with E-state index in [-0.39, 0.29) is 5.97 Å². The molecule has 0 radical (unpaired) electrons. The van der Waals surface area contributed by atoms with Crippen molar-refractivity contribution >= 4 is 23.3 Å². The Kier molecular flexibility index (Phi) is 4.62. The number of para-hydroxylation sites is 1. The number of carbonyl (C=O) groups is 1. The lowest BCUT2D eigenvalue weighted by Gasteiger charge is -2.16. The van der Waals surface area contributed by atoms with Gasteiger partial charge in [0.1, 0.15) is 6.04 Å². The lowest BCUT2D eigenvalue weighted by molar-refractivity contribution is -0.143. The van der Waals surface area contributed by atoms with E-state index in [9.17, 15) is 4.79 Å². The Morgan fingerprint density at radius 1 is 1.56 bits per heavy atom. The predicted molar refractivity (Wildman–Crippen MR) is 65.9 cm³/mol. The van der Waals surface area contributed by atoms with E-state index in [1.165, 1.54) is 0 Å². The zero-order valence-electron chi connectivity index (χ0n) is 9.71. The molecule has 0 amide bonds. The summed E-state index contributed by atoms with van der Waals surface area (Å²) in [6.07, 6.45) is 0. The Labute approximate surface area is 101 Å². The van der Waals surface area contributed by atoms with Gasteiger partial charge in [-0.3, -0.25) is 0 Å². The van der Waals surface area contributed by atoms with Gasteiger partial charge in [0.2, 0.25) is 0 Å². The van der Waals surface area contributed by atoms with Crippen LogP contribution < -0.4 is 5.32 Å². The Morgan fingerprint density at radius 3 is 2.81 bits per heavy atom. The minimum absolute atomic E-state index is 0.276. The number of hydrogen-bond donors (Lipinski definition) is 1. The smallest absolute Gasteiger partial charge is 0.328 e. The first-order valence-electron chi connectivity index (χ1n) is 5.24. The zero-order valence-corrected chi connectivity index (χ0v) is 10.5. The molecule has 0 aliphatic carbocycles. The van der Waals surface area contributed by atoms with Gasteiger partial charge in [-0.05, 0) is 32.4 Å². The number of hydrogen-bond acceptors (Lipinski definition) is 3. The summed E-state index contributed by atoms with van der Waals surface area (Å²) in [7, 11) is 0. The van der Waals surface area contributed by atoms with Crippen LogP contribution in [0.4, 0.5) is 5.69 Å². The Balaban J connectivity index is 2.76. The molecule has 0 saturated carbocycles. The maximum Gasteiger partial charge on any atom is 0.328 e. The number of anilines is 1. The molecule has 88 valence electrons. The van der Waals surface area contributed by atoms with Crippen LogP contribution in [0.3, 0.4) is 0 Å². The third-order valence-corrected chi connectivity index (χ3v) is 2.54. The quantitative estimate of drug-likeness (QED) is 0.824. The van der Waals surface area contributed by atoms with Gasteiger partial charge in [-0.15, -0.1) is 0 Å². The van der Waals surface area contributed by atoms with E-state index in [2.05, 4.69) is 5.32 Å². The van der Waals surface area contributed by atoms with Crippen LogP contribution in [0.15, 0.2) is 18.2 Å². The van der Waals surface area contributed by atoms with Gasteiger partial charge in [0.05, 0.1) is 17.3 Å². The first-order chi connectivity index (χ1) is 7.56. The summed E-state index contributed by atoms with van der Waals surface area (Å²) in [5, 5.41) is 3.66. The number of aryl methyl sites for hydroxylation is 1. The Morgan fingerprint density at radius 2 is 2.25 bits per heavy atom. The molecule has 0 aromatic heterocycles. The van der Waals surface area contributed by atoms with Crippen molar-refractivity contribution < 1.29 is 9.53 Å². The number of halogens is 1. The molecule has 1 rings (SSSR count). The van der Waals surface area contributed by atoms with Crippen LogP contribution in [0.5, 0.6) is 0 Å². The molecule has 0 fully saturated rings. The molecule has 16 heavy (non-hydrogen) atoms. The van der Waals surface area contributed by atoms with E-state index in [4.69, 9.17) is 16.3 Å². The lowest BCUT2D eigenvalue weighted by atomic mass is 10.2. The molecule has 1 atom stereocenters. The number of esters is 1. The molecule has 0 aliphatic heterocycles. The summed E-state index contributed by atoms with van der Waals surface area (Å²) in [6, 6.07) is 5.19. The first kappa shape index (κ1) is 12.8. The average molecular weight is 242 g/mol. The van der Waals surface area contributed by atoms with Gasteiger partial charge in [-0.1, -0.05) is 23.7 Å². The number of ether oxygens (including phenoxy) is 1. The summed E-state index contributed by atoms with van der Waals surface area (Å²) in [6.45, 7) is 5.85. The summed E-state index contributed by atoms with van der Waals surface area (Å²) < 4.78 is 4.91. The van der Waals surface area contributed by atoms with Crippen LogP contribution in [0.1, 0.15) is 19.4 Å². The normalized spacial score (nSPS) is 12.0. The van der Waals surface area contributed by atoms with Crippen LogP contribution in [-0.4, -0.2) is 18.6 Å². The number of rotatable bonds is 4. The molecular weight excluding hydrogens is 226 g/mol. The largest absolute Gasteiger partial charge is 0.464 e. The predicted octanol–water partition coefficient (Wildman–Crippen LogP) is 3.01. The molecule has 0 heterocycles. The van der Waals surface area contributed by atoms with Crippen LogP contribution in [0.2, 0.25) is 5.02 Å². The van der Waals surface area contributed by atoms with Gasteiger partial charge < -0.3 is 10.1 Å². The van der Waals surface area contributed by atoms with Gasteiger partial charge in [0, 0.05) is 0 Å². The van der Waals surface area contributed by atoms with Gasteiger partial charge in [-0.2, -0.15) is 0 Å². The number of nitrogens with one attached hydrogen (secondary N) is 1. The van der Waals surface area contributed by atoms with E-state index in [0.29, 0.717) is 11.6 Å². The third kappa shape index (κ3) is 3.14. The Bertz CT molecular complexity index is 359. The van der Waals surface area contributed by atoms with Gasteiger partial charge in [-0.25, -0.2) is 4.79 Å². The summed E-state index contributed by atoms with van der Waals surface area (Å²) in [5.41, 5.74) is 1.79. The second kappa shape index (κ2) is 5.75. The summed E-state index contributed by atoms with van der Waals surface area (Å²) in [4.78, 5) is 11.4. The molecular formula is C12H16ClNO2. The highest BCUT2D eigenvalue weighted by Crippen LogP contribution is 2.25. The van der Waals surface area contributed by atoms with E-state index >= 15 is 0 Å². The van der Waals surface area contributed by atoms with Crippen LogP contribution in [-0.2, 0) is 9.53 Å². The summed E-state index contributed by atoms with van der Waals surface area (Å²) >= 11 is 6.04. The van der Waals surface area contributed by atoms with Crippen molar-refractivity contribution in [1.29, 1.82) is 0 Å². The molecule has 1 aromatic carbocycles. The van der Waals surface area contributed by atoms with Crippen LogP contribution >= 0.6 is 11.6 Å². The molecule has 0 unspecified atom stereocenters. The molecule has 1 N–H and O–H groups in total. The maximum absolute atomic E-state index is 11.4. The van der Waals surface area contributed by atoms with Crippen LogP contribution in [0, 0.1) is 6.92 Å². The topological polar surface area (TPSA) is 38.3 Å². The fourth-order valence-electron chi connectivity index (χ4n) is 1.36. The highest BCUT2D eigenvalue weighted by atomic mass is 35.5. The zero-order chi connectivity index (χ0) is 12.1. The van der Waals surface area contributed by atoms with Crippen molar-refractivity contribution in [2.45, 2.75) is 26.8 Å². The standard InChI is InChI=1S/C12H16ClNO2/c1-4-16-12(15)9(3)14-11-8(2)6-5-7-10(11)13/h5-7,9,14H,4H2,1-3H3/t9-/m0/s1. The van der Waals surface area contributed by atoms with E-state index in [0.717, 1.165) is 11.3 Å². The minimum atomic E-state index is -0.404. The van der Waals surface area contributed by atoms with Crippen molar-refractivity contribution in [1.82, 2.24) is 0 Å². The molecule has 0 saturated heterocycles. The lowest BCUT2D eigenvalue weighted by Crippen LogP contribution is -2.28. The number of carbonyl (C=O) groups excluding carboxylic acids is 1. The molecule has 3 nitrogen and oxygen atoms in total. The fourth-order valence-corrected chi connectivity index (χ4v) is 1.63. The van der Waals surface area contributed by atoms with Crippen molar-refractivity contribution in [2.75, 3.05) is 11.9 Å². The van der Waals surface area contributed by atoms with Crippen LogP contribution in [0.25, 0.3) is 0 Å². The minimum Gasteiger partial charge on any atom is -0.464 e. The Hall–Kier alpha value is -1.22. The van der Waals surface area contributed by atoms with Crippen molar-refractivity contribution in [3.8, 4) is 0 Å². The SMILES string of the molecule is CCOC(=O)[C@H](C)Nc1c(C)cccc1Cl. The van der Waals surface area contributed by atoms with E-state index in [1.54, 1.807) is 19.9 Å². The highest BCUT2D eigenvalue weighted by Gasteiger charge is 2.15. The van der Waals surface area contributed by atoms with Gasteiger partial charge in [0.25, 0.3) is 0 Å².